The molecule has 7 heteroatoms. The molecule has 0 aromatic carbocycles. The summed E-state index contributed by atoms with van der Waals surface area (Å²) in [6.07, 6.45) is 4.48. The lowest BCUT2D eigenvalue weighted by atomic mass is 10.1. The monoisotopic (exact) mass is 304 g/mol. The van der Waals surface area contributed by atoms with Crippen LogP contribution in [0.25, 0.3) is 0 Å². The molecule has 0 aromatic rings. The van der Waals surface area contributed by atoms with Crippen LogP contribution in [-0.4, -0.2) is 67.6 Å². The number of hydrogen-bond donors (Lipinski definition) is 2. The molecule has 2 aliphatic heterocycles. The highest BCUT2D eigenvalue weighted by molar-refractivity contribution is 7.91. The quantitative estimate of drug-likeness (QED) is 0.733. The summed E-state index contributed by atoms with van der Waals surface area (Å²) in [5.41, 5.74) is 0. The topological polar surface area (TPSA) is 86.7 Å². The van der Waals surface area contributed by atoms with Crippen molar-refractivity contribution in [1.82, 2.24) is 10.2 Å². The summed E-state index contributed by atoms with van der Waals surface area (Å²) >= 11 is 0. The number of aliphatic hydroxyl groups is 1. The van der Waals surface area contributed by atoms with E-state index in [1.54, 1.807) is 4.90 Å². The molecule has 2 unspecified atom stereocenters. The number of rotatable bonds is 4. The molecule has 116 valence electrons. The molecule has 2 saturated heterocycles. The van der Waals surface area contributed by atoms with Gasteiger partial charge in [0.15, 0.2) is 9.84 Å². The molecule has 2 heterocycles. The van der Waals surface area contributed by atoms with E-state index in [0.29, 0.717) is 6.42 Å². The highest BCUT2D eigenvalue weighted by atomic mass is 32.2. The Balaban J connectivity index is 2.05. The Bertz CT molecular complexity index is 430. The second-order valence-corrected chi connectivity index (χ2v) is 7.90. The molecule has 0 spiro atoms. The van der Waals surface area contributed by atoms with Gasteiger partial charge in [0, 0.05) is 12.6 Å². The third kappa shape index (κ3) is 3.93. The molecule has 20 heavy (non-hydrogen) atoms. The lowest BCUT2D eigenvalue weighted by Gasteiger charge is -2.31. The van der Waals surface area contributed by atoms with Crippen molar-refractivity contribution in [3.63, 3.8) is 0 Å². The third-order valence-electron chi connectivity index (χ3n) is 4.13. The lowest BCUT2D eigenvalue weighted by Crippen LogP contribution is -2.51. The normalized spacial score (nSPS) is 29.9. The maximum absolute atomic E-state index is 12.6. The SMILES string of the molecule is O=C(C1CCCCCN1)N(CCO)C1CCS(=O)(=O)C1. The minimum absolute atomic E-state index is 0.0332. The van der Waals surface area contributed by atoms with Crippen LogP contribution >= 0.6 is 0 Å². The van der Waals surface area contributed by atoms with E-state index in [9.17, 15) is 13.2 Å². The molecule has 0 radical (unpaired) electrons. The molecule has 2 aliphatic rings. The van der Waals surface area contributed by atoms with E-state index in [4.69, 9.17) is 5.11 Å². The van der Waals surface area contributed by atoms with Crippen molar-refractivity contribution in [2.45, 2.75) is 44.2 Å². The zero-order valence-corrected chi connectivity index (χ0v) is 12.6. The lowest BCUT2D eigenvalue weighted by molar-refractivity contribution is -0.136. The van der Waals surface area contributed by atoms with Gasteiger partial charge >= 0.3 is 0 Å². The van der Waals surface area contributed by atoms with E-state index in [2.05, 4.69) is 5.32 Å². The van der Waals surface area contributed by atoms with E-state index in [0.717, 1.165) is 32.2 Å². The average molecular weight is 304 g/mol. The van der Waals surface area contributed by atoms with Gasteiger partial charge in [0.25, 0.3) is 0 Å². The minimum atomic E-state index is -3.03. The van der Waals surface area contributed by atoms with Crippen molar-refractivity contribution >= 4 is 15.7 Å². The number of sulfone groups is 1. The fourth-order valence-corrected chi connectivity index (χ4v) is 4.77. The van der Waals surface area contributed by atoms with Crippen LogP contribution in [-0.2, 0) is 14.6 Å². The summed E-state index contributed by atoms with van der Waals surface area (Å²) in [4.78, 5) is 14.2. The molecule has 6 nitrogen and oxygen atoms in total. The molecule has 2 fully saturated rings. The van der Waals surface area contributed by atoms with E-state index < -0.39 is 9.84 Å². The molecule has 1 amide bonds. The first-order valence-corrected chi connectivity index (χ1v) is 9.21. The Morgan fingerprint density at radius 2 is 2.05 bits per heavy atom. The molecule has 0 aliphatic carbocycles. The van der Waals surface area contributed by atoms with Crippen LogP contribution in [0.2, 0.25) is 0 Å². The van der Waals surface area contributed by atoms with Crippen molar-refractivity contribution in [2.75, 3.05) is 31.2 Å². The molecule has 0 aromatic heterocycles. The van der Waals surface area contributed by atoms with Crippen LogP contribution < -0.4 is 5.32 Å². The standard InChI is InChI=1S/C13H24N2O4S/c16-8-7-15(11-5-9-20(18,19)10-11)13(17)12-4-2-1-3-6-14-12/h11-12,14,16H,1-10H2. The van der Waals surface area contributed by atoms with Gasteiger partial charge in [0.1, 0.15) is 0 Å². The van der Waals surface area contributed by atoms with Crippen molar-refractivity contribution < 1.29 is 18.3 Å². The summed E-state index contributed by atoms with van der Waals surface area (Å²) in [6, 6.07) is -0.503. The number of carbonyl (C=O) groups excluding carboxylic acids is 1. The molecule has 2 N–H and O–H groups in total. The highest BCUT2D eigenvalue weighted by Gasteiger charge is 2.36. The van der Waals surface area contributed by atoms with Gasteiger partial charge in [-0.2, -0.15) is 0 Å². The predicted molar refractivity (Wildman–Crippen MR) is 76.1 cm³/mol. The Hall–Kier alpha value is -0.660. The first kappa shape index (κ1) is 15.7. The van der Waals surface area contributed by atoms with Crippen LogP contribution in [0.4, 0.5) is 0 Å². The van der Waals surface area contributed by atoms with Crippen molar-refractivity contribution in [2.24, 2.45) is 0 Å². The summed E-state index contributed by atoms with van der Waals surface area (Å²) in [5, 5.41) is 12.4. The number of aliphatic hydroxyl groups excluding tert-OH is 1. The van der Waals surface area contributed by atoms with Gasteiger partial charge in [-0.3, -0.25) is 4.79 Å². The fourth-order valence-electron chi connectivity index (χ4n) is 3.04. The van der Waals surface area contributed by atoms with E-state index >= 15 is 0 Å². The van der Waals surface area contributed by atoms with Gasteiger partial charge in [0.05, 0.1) is 24.2 Å². The van der Waals surface area contributed by atoms with Crippen molar-refractivity contribution in [3.05, 3.63) is 0 Å². The van der Waals surface area contributed by atoms with Gasteiger partial charge in [-0.25, -0.2) is 8.42 Å². The van der Waals surface area contributed by atoms with Crippen LogP contribution in [0.1, 0.15) is 32.1 Å². The summed E-state index contributed by atoms with van der Waals surface area (Å²) in [6.45, 7) is 0.915. The Morgan fingerprint density at radius 3 is 2.70 bits per heavy atom. The Kier molecular flexibility index (Phi) is 5.40. The second kappa shape index (κ2) is 6.87. The summed E-state index contributed by atoms with van der Waals surface area (Å²) in [7, 11) is -3.03. The Morgan fingerprint density at radius 1 is 1.25 bits per heavy atom. The van der Waals surface area contributed by atoms with Crippen LogP contribution in [0.3, 0.4) is 0 Å². The third-order valence-corrected chi connectivity index (χ3v) is 5.88. The molecule has 0 bridgehead atoms. The van der Waals surface area contributed by atoms with Gasteiger partial charge in [0.2, 0.25) is 5.91 Å². The zero-order chi connectivity index (χ0) is 14.6. The fraction of sp³-hybridized carbons (Fsp3) is 0.923. The largest absolute Gasteiger partial charge is 0.395 e. The van der Waals surface area contributed by atoms with Crippen LogP contribution in [0.5, 0.6) is 0 Å². The molecule has 2 rings (SSSR count). The highest BCUT2D eigenvalue weighted by Crippen LogP contribution is 2.20. The first-order chi connectivity index (χ1) is 9.53. The maximum atomic E-state index is 12.6. The predicted octanol–water partition coefficient (Wildman–Crippen LogP) is -0.473. The average Bonchev–Trinajstić information content (AvgIpc) is 2.64. The smallest absolute Gasteiger partial charge is 0.240 e. The number of carbonyl (C=O) groups is 1. The van der Waals surface area contributed by atoms with Crippen molar-refractivity contribution in [1.29, 1.82) is 0 Å². The summed E-state index contributed by atoms with van der Waals surface area (Å²) in [5.74, 6) is 0.124. The van der Waals surface area contributed by atoms with E-state index in [1.807, 2.05) is 0 Å². The minimum Gasteiger partial charge on any atom is -0.395 e. The zero-order valence-electron chi connectivity index (χ0n) is 11.8. The van der Waals surface area contributed by atoms with Crippen LogP contribution in [0.15, 0.2) is 0 Å². The first-order valence-electron chi connectivity index (χ1n) is 7.38. The number of nitrogens with zero attached hydrogens (tertiary/aromatic N) is 1. The molecular weight excluding hydrogens is 280 g/mol. The maximum Gasteiger partial charge on any atom is 0.240 e. The van der Waals surface area contributed by atoms with Gasteiger partial charge in [-0.05, 0) is 25.8 Å². The van der Waals surface area contributed by atoms with E-state index in [1.165, 1.54) is 0 Å². The Labute approximate surface area is 120 Å². The van der Waals surface area contributed by atoms with Crippen LogP contribution in [0, 0.1) is 0 Å². The second-order valence-electron chi connectivity index (χ2n) is 5.67. The van der Waals surface area contributed by atoms with Gasteiger partial charge in [-0.15, -0.1) is 0 Å². The van der Waals surface area contributed by atoms with E-state index in [-0.39, 0.29) is 42.6 Å². The van der Waals surface area contributed by atoms with Crippen molar-refractivity contribution in [3.8, 4) is 0 Å². The molecule has 0 saturated carbocycles. The number of hydrogen-bond acceptors (Lipinski definition) is 5. The number of amides is 1. The van der Waals surface area contributed by atoms with Gasteiger partial charge in [-0.1, -0.05) is 12.8 Å². The summed E-state index contributed by atoms with van der Waals surface area (Å²) < 4.78 is 23.2. The molecular formula is C13H24N2O4S. The number of nitrogens with one attached hydrogen (secondary N) is 1. The van der Waals surface area contributed by atoms with Gasteiger partial charge < -0.3 is 15.3 Å². The molecule has 2 atom stereocenters.